The molecule has 104 valence electrons. The second-order valence-corrected chi connectivity index (χ2v) is 5.94. The predicted molar refractivity (Wildman–Crippen MR) is 78.0 cm³/mol. The van der Waals surface area contributed by atoms with Gasteiger partial charge in [0.05, 0.1) is 5.69 Å². The Balaban J connectivity index is 1.69. The van der Waals surface area contributed by atoms with Crippen LogP contribution < -0.4 is 5.32 Å². The monoisotopic (exact) mass is 288 g/mol. The van der Waals surface area contributed by atoms with Crippen molar-refractivity contribution in [2.45, 2.75) is 31.8 Å². The van der Waals surface area contributed by atoms with Gasteiger partial charge in [-0.25, -0.2) is 9.78 Å². The number of aromatic nitrogens is 1. The lowest BCUT2D eigenvalue weighted by molar-refractivity contribution is 0.0690. The highest BCUT2D eigenvalue weighted by molar-refractivity contribution is 7.10. The Hall–Kier alpha value is -1.72. The van der Waals surface area contributed by atoms with E-state index in [1.165, 1.54) is 29.3 Å². The summed E-state index contributed by atoms with van der Waals surface area (Å²) in [7, 11) is 0. The van der Waals surface area contributed by atoms with Crippen molar-refractivity contribution in [2.75, 3.05) is 0 Å². The molecule has 0 aliphatic heterocycles. The Morgan fingerprint density at radius 3 is 3.20 bits per heavy atom. The van der Waals surface area contributed by atoms with E-state index in [-0.39, 0.29) is 5.69 Å². The van der Waals surface area contributed by atoms with E-state index in [2.05, 4.69) is 21.7 Å². The van der Waals surface area contributed by atoms with Crippen molar-refractivity contribution < 1.29 is 9.90 Å². The van der Waals surface area contributed by atoms with E-state index >= 15 is 0 Å². The Morgan fingerprint density at radius 1 is 1.45 bits per heavy atom. The number of aryl methyl sites for hydroxylation is 1. The molecule has 0 bridgehead atoms. The van der Waals surface area contributed by atoms with Crippen molar-refractivity contribution in [1.82, 2.24) is 10.3 Å². The summed E-state index contributed by atoms with van der Waals surface area (Å²) in [5, 5.41) is 14.6. The highest BCUT2D eigenvalue weighted by atomic mass is 32.1. The fourth-order valence-electron chi connectivity index (χ4n) is 2.62. The largest absolute Gasteiger partial charge is 0.477 e. The lowest BCUT2D eigenvalue weighted by Gasteiger charge is -2.23. The summed E-state index contributed by atoms with van der Waals surface area (Å²) >= 11 is 1.82. The van der Waals surface area contributed by atoms with Crippen molar-refractivity contribution in [3.63, 3.8) is 0 Å². The molecule has 20 heavy (non-hydrogen) atoms. The van der Waals surface area contributed by atoms with Crippen LogP contribution in [0.3, 0.4) is 0 Å². The van der Waals surface area contributed by atoms with Crippen molar-refractivity contribution in [2.24, 2.45) is 0 Å². The summed E-state index contributed by atoms with van der Waals surface area (Å²) in [6.07, 6.45) is 3.51. The molecule has 1 aliphatic rings. The molecule has 1 atom stereocenters. The van der Waals surface area contributed by atoms with Gasteiger partial charge in [0.2, 0.25) is 0 Å². The van der Waals surface area contributed by atoms with E-state index in [9.17, 15) is 4.79 Å². The van der Waals surface area contributed by atoms with Gasteiger partial charge in [0.25, 0.3) is 0 Å². The summed E-state index contributed by atoms with van der Waals surface area (Å²) in [4.78, 5) is 16.5. The van der Waals surface area contributed by atoms with Gasteiger partial charge in [-0.05, 0) is 48.4 Å². The number of pyridine rings is 1. The zero-order valence-corrected chi connectivity index (χ0v) is 11.8. The molecule has 0 saturated heterocycles. The third-order valence-electron chi connectivity index (χ3n) is 3.61. The number of hydrogen-bond acceptors (Lipinski definition) is 4. The molecule has 3 rings (SSSR count). The van der Waals surface area contributed by atoms with Gasteiger partial charge in [0, 0.05) is 17.5 Å². The van der Waals surface area contributed by atoms with Crippen LogP contribution in [0.1, 0.15) is 45.5 Å². The maximum Gasteiger partial charge on any atom is 0.354 e. The molecule has 2 heterocycles. The second-order valence-electron chi connectivity index (χ2n) is 4.94. The van der Waals surface area contributed by atoms with Crippen LogP contribution in [0, 0.1) is 0 Å². The average molecular weight is 288 g/mol. The first-order valence-electron chi connectivity index (χ1n) is 6.73. The number of fused-ring (bicyclic) bond motifs is 1. The van der Waals surface area contributed by atoms with E-state index in [0.29, 0.717) is 12.6 Å². The maximum atomic E-state index is 10.9. The minimum atomic E-state index is -0.982. The van der Waals surface area contributed by atoms with Crippen molar-refractivity contribution in [3.05, 3.63) is 51.5 Å². The number of hydrogen-bond donors (Lipinski definition) is 2. The molecule has 0 aromatic carbocycles. The van der Waals surface area contributed by atoms with E-state index in [1.54, 1.807) is 6.07 Å². The number of carboxylic acid groups (broad SMARTS) is 1. The average Bonchev–Trinajstić information content (AvgIpc) is 2.94. The number of carbonyl (C=O) groups is 1. The Bertz CT molecular complexity index is 624. The van der Waals surface area contributed by atoms with Gasteiger partial charge in [-0.15, -0.1) is 11.3 Å². The van der Waals surface area contributed by atoms with Crippen molar-refractivity contribution in [1.29, 1.82) is 0 Å². The van der Waals surface area contributed by atoms with Crippen LogP contribution in [0.5, 0.6) is 0 Å². The number of nitrogens with one attached hydrogen (secondary N) is 1. The van der Waals surface area contributed by atoms with Crippen LogP contribution in [0.15, 0.2) is 29.6 Å². The lowest BCUT2D eigenvalue weighted by atomic mass is 9.94. The number of thiophene rings is 1. The molecular formula is C15H16N2O2S. The topological polar surface area (TPSA) is 62.2 Å². The molecule has 2 N–H and O–H groups in total. The highest BCUT2D eigenvalue weighted by Crippen LogP contribution is 2.33. The van der Waals surface area contributed by atoms with Crippen LogP contribution in [0.2, 0.25) is 0 Å². The minimum Gasteiger partial charge on any atom is -0.477 e. The van der Waals surface area contributed by atoms with Gasteiger partial charge in [-0.2, -0.15) is 0 Å². The molecule has 5 heteroatoms. The Morgan fingerprint density at radius 2 is 2.35 bits per heavy atom. The second kappa shape index (κ2) is 5.73. The summed E-state index contributed by atoms with van der Waals surface area (Å²) in [5.74, 6) is -0.982. The highest BCUT2D eigenvalue weighted by Gasteiger charge is 2.20. The standard InChI is InChI=1S/C15H16N2O2S/c18-15(19)13-5-1-3-10(17-13)9-16-12-4-2-6-14-11(12)7-8-20-14/h1,3,5,7-8,12,16H,2,4,6,9H2,(H,18,19). The molecular weight excluding hydrogens is 272 g/mol. The minimum absolute atomic E-state index is 0.101. The summed E-state index contributed by atoms with van der Waals surface area (Å²) in [6.45, 7) is 0.598. The molecule has 1 unspecified atom stereocenters. The van der Waals surface area contributed by atoms with Gasteiger partial charge in [-0.3, -0.25) is 0 Å². The number of carboxylic acids is 1. The zero-order valence-electron chi connectivity index (χ0n) is 11.0. The lowest BCUT2D eigenvalue weighted by Crippen LogP contribution is -2.24. The summed E-state index contributed by atoms with van der Waals surface area (Å²) in [5.41, 5.74) is 2.27. The molecule has 1 aliphatic carbocycles. The van der Waals surface area contributed by atoms with Gasteiger partial charge in [0.15, 0.2) is 0 Å². The third kappa shape index (κ3) is 2.73. The first-order valence-corrected chi connectivity index (χ1v) is 7.61. The number of nitrogens with zero attached hydrogens (tertiary/aromatic N) is 1. The molecule has 0 spiro atoms. The van der Waals surface area contributed by atoms with Crippen LogP contribution in [0.4, 0.5) is 0 Å². The summed E-state index contributed by atoms with van der Waals surface area (Å²) < 4.78 is 0. The van der Waals surface area contributed by atoms with Gasteiger partial charge in [-0.1, -0.05) is 6.07 Å². The van der Waals surface area contributed by atoms with Gasteiger partial charge >= 0.3 is 5.97 Å². The first-order chi connectivity index (χ1) is 9.74. The normalized spacial score (nSPS) is 17.7. The molecule has 0 radical (unpaired) electrons. The van der Waals surface area contributed by atoms with Crippen LogP contribution >= 0.6 is 11.3 Å². The van der Waals surface area contributed by atoms with E-state index in [0.717, 1.165) is 12.1 Å². The molecule has 0 saturated carbocycles. The predicted octanol–water partition coefficient (Wildman–Crippen LogP) is 3.01. The van der Waals surface area contributed by atoms with Crippen molar-refractivity contribution in [3.8, 4) is 0 Å². The fraction of sp³-hybridized carbons (Fsp3) is 0.333. The van der Waals surface area contributed by atoms with Crippen LogP contribution in [-0.4, -0.2) is 16.1 Å². The van der Waals surface area contributed by atoms with Gasteiger partial charge < -0.3 is 10.4 Å². The molecule has 0 fully saturated rings. The molecule has 2 aromatic rings. The molecule has 0 amide bonds. The van der Waals surface area contributed by atoms with E-state index in [4.69, 9.17) is 5.11 Å². The van der Waals surface area contributed by atoms with Crippen LogP contribution in [-0.2, 0) is 13.0 Å². The third-order valence-corrected chi connectivity index (χ3v) is 4.60. The quantitative estimate of drug-likeness (QED) is 0.908. The maximum absolute atomic E-state index is 10.9. The zero-order chi connectivity index (χ0) is 13.9. The van der Waals surface area contributed by atoms with Crippen molar-refractivity contribution >= 4 is 17.3 Å². The van der Waals surface area contributed by atoms with E-state index in [1.807, 2.05) is 17.4 Å². The van der Waals surface area contributed by atoms with E-state index < -0.39 is 5.97 Å². The summed E-state index contributed by atoms with van der Waals surface area (Å²) in [6, 6.07) is 7.67. The Labute approximate surface area is 121 Å². The molecule has 2 aromatic heterocycles. The fourth-order valence-corrected chi connectivity index (χ4v) is 3.61. The molecule has 4 nitrogen and oxygen atoms in total. The van der Waals surface area contributed by atoms with Gasteiger partial charge in [0.1, 0.15) is 5.69 Å². The number of rotatable bonds is 4. The number of aromatic carboxylic acids is 1. The Kier molecular flexibility index (Phi) is 3.80. The van der Waals surface area contributed by atoms with Crippen LogP contribution in [0.25, 0.3) is 0 Å². The smallest absolute Gasteiger partial charge is 0.354 e. The first kappa shape index (κ1) is 13.3. The SMILES string of the molecule is O=C(O)c1cccc(CNC2CCCc3sccc32)n1.